The summed E-state index contributed by atoms with van der Waals surface area (Å²) in [5, 5.41) is 0. The van der Waals surface area contributed by atoms with E-state index in [0.717, 1.165) is 10.8 Å². The van der Waals surface area contributed by atoms with Gasteiger partial charge in [-0.25, -0.2) is 22.9 Å². The highest BCUT2D eigenvalue weighted by molar-refractivity contribution is 7.66. The normalized spacial score (nSPS) is 22.7. The van der Waals surface area contributed by atoms with E-state index in [-0.39, 0.29) is 18.0 Å². The molecule has 8 N–H and O–H groups in total. The average molecular weight is 590 g/mol. The zero-order valence-electron chi connectivity index (χ0n) is 18.6. The minimum Gasteiger partial charge on any atom is -0.382 e. The first-order chi connectivity index (χ1) is 17.1. The van der Waals surface area contributed by atoms with Crippen LogP contribution < -0.4 is 17.2 Å². The molecule has 1 aromatic rings. The second kappa shape index (κ2) is 13.2. The van der Waals surface area contributed by atoms with Crippen LogP contribution in [0.15, 0.2) is 11.0 Å². The summed E-state index contributed by atoms with van der Waals surface area (Å²) in [7, 11) is -16.8. The van der Waals surface area contributed by atoms with Crippen molar-refractivity contribution in [1.29, 1.82) is 0 Å². The number of rotatable bonds is 11. The van der Waals surface area contributed by atoms with Gasteiger partial charge < -0.3 is 40.5 Å². The molecule has 206 valence electrons. The Labute approximate surface area is 208 Å². The molecule has 5 atom stereocenters. The molecule has 0 saturated carbocycles. The molecule has 17 nitrogen and oxygen atoms in total. The van der Waals surface area contributed by atoms with E-state index in [1.54, 1.807) is 0 Å². The molecule has 1 saturated heterocycles. The third kappa shape index (κ3) is 10.7. The number of anilines is 1. The summed E-state index contributed by atoms with van der Waals surface area (Å²) in [6.07, 6.45) is -4.02. The summed E-state index contributed by atoms with van der Waals surface area (Å²) in [6, 6.07) is 0. The summed E-state index contributed by atoms with van der Waals surface area (Å²) in [6.45, 7) is -0.288. The van der Waals surface area contributed by atoms with Crippen LogP contribution >= 0.6 is 23.5 Å². The van der Waals surface area contributed by atoms with Crippen LogP contribution in [0.1, 0.15) is 18.2 Å². The number of ether oxygens (including phenoxy) is 2. The number of aromatic nitrogens is 2. The maximum absolute atomic E-state index is 14.5. The highest BCUT2D eigenvalue weighted by atomic mass is 31.3. The number of phosphoric acid groups is 3. The van der Waals surface area contributed by atoms with Crippen LogP contribution in [0.25, 0.3) is 0 Å². The van der Waals surface area contributed by atoms with Gasteiger partial charge in [-0.15, -0.1) is 0 Å². The molecule has 21 heteroatoms. The molecule has 1 fully saturated rings. The Hall–Kier alpha value is -1.98. The van der Waals surface area contributed by atoms with Crippen LogP contribution in [0.5, 0.6) is 0 Å². The van der Waals surface area contributed by atoms with Gasteiger partial charge in [0, 0.05) is 19.2 Å². The van der Waals surface area contributed by atoms with Crippen LogP contribution in [-0.4, -0.2) is 67.8 Å². The number of phosphoric ester groups is 1. The van der Waals surface area contributed by atoms with E-state index in [0.29, 0.717) is 13.2 Å². The van der Waals surface area contributed by atoms with Gasteiger partial charge in [-0.3, -0.25) is 9.09 Å². The lowest BCUT2D eigenvalue weighted by Crippen LogP contribution is -2.29. The van der Waals surface area contributed by atoms with Crippen LogP contribution in [0.3, 0.4) is 0 Å². The van der Waals surface area contributed by atoms with Crippen molar-refractivity contribution in [2.45, 2.75) is 24.9 Å². The van der Waals surface area contributed by atoms with E-state index < -0.39 is 60.7 Å². The first-order valence-electron chi connectivity index (χ1n) is 9.85. The molecule has 5 unspecified atom stereocenters. The van der Waals surface area contributed by atoms with Crippen molar-refractivity contribution in [3.05, 3.63) is 22.2 Å². The van der Waals surface area contributed by atoms with Gasteiger partial charge in [0.1, 0.15) is 30.9 Å². The topological polar surface area (TPSA) is 265 Å². The Morgan fingerprint density at radius 3 is 2.54 bits per heavy atom. The minimum atomic E-state index is -5.74. The molecule has 0 amide bonds. The molecule has 1 aromatic heterocycles. The van der Waals surface area contributed by atoms with Crippen molar-refractivity contribution < 1.29 is 60.3 Å². The molecular formula is C16H22FN4O13P3. The average Bonchev–Trinajstić information content (AvgIpc) is 3.10. The van der Waals surface area contributed by atoms with E-state index in [2.05, 4.69) is 41.8 Å². The van der Waals surface area contributed by atoms with Crippen molar-refractivity contribution in [3.8, 4) is 23.7 Å². The van der Waals surface area contributed by atoms with Crippen molar-refractivity contribution in [1.82, 2.24) is 9.55 Å². The van der Waals surface area contributed by atoms with Gasteiger partial charge in [-0.1, -0.05) is 5.92 Å². The lowest BCUT2D eigenvalue weighted by atomic mass is 10.2. The largest absolute Gasteiger partial charge is 0.490 e. The molecule has 2 rings (SSSR count). The molecule has 1 aliphatic rings. The lowest BCUT2D eigenvalue weighted by Gasteiger charge is -2.19. The number of hydrogen-bond donors (Lipinski definition) is 6. The molecule has 0 aromatic carbocycles. The lowest BCUT2D eigenvalue weighted by molar-refractivity contribution is -0.0349. The SMILES string of the molecule is NCCOCC#CC#Cc1cn(C2CC(F)C(COP(=O)(O)OP(=O)(O)OP(=O)(O)O)O2)c(=O)nc1N. The third-order valence-electron chi connectivity index (χ3n) is 4.06. The van der Waals surface area contributed by atoms with Crippen LogP contribution in [0.4, 0.5) is 10.2 Å². The summed E-state index contributed by atoms with van der Waals surface area (Å²) in [5.41, 5.74) is 10.1. The van der Waals surface area contributed by atoms with E-state index in [1.807, 2.05) is 0 Å². The van der Waals surface area contributed by atoms with Crippen LogP contribution in [-0.2, 0) is 36.3 Å². The zero-order valence-corrected chi connectivity index (χ0v) is 21.3. The molecule has 0 bridgehead atoms. The van der Waals surface area contributed by atoms with Gasteiger partial charge in [0.2, 0.25) is 0 Å². The Morgan fingerprint density at radius 1 is 1.19 bits per heavy atom. The highest BCUT2D eigenvalue weighted by Gasteiger charge is 2.43. The Bertz CT molecular complexity index is 1300. The van der Waals surface area contributed by atoms with Gasteiger partial charge >= 0.3 is 29.2 Å². The monoisotopic (exact) mass is 590 g/mol. The number of nitrogens with two attached hydrogens (primary N) is 2. The van der Waals surface area contributed by atoms with Gasteiger partial charge in [0.15, 0.2) is 0 Å². The molecule has 0 spiro atoms. The first kappa shape index (κ1) is 31.2. The number of halogens is 1. The third-order valence-corrected chi connectivity index (χ3v) is 7.86. The summed E-state index contributed by atoms with van der Waals surface area (Å²) in [4.78, 5) is 51.5. The van der Waals surface area contributed by atoms with Crippen molar-refractivity contribution in [2.24, 2.45) is 5.73 Å². The molecule has 2 heterocycles. The van der Waals surface area contributed by atoms with Gasteiger partial charge in [-0.2, -0.15) is 13.6 Å². The van der Waals surface area contributed by atoms with Crippen LogP contribution in [0, 0.1) is 23.7 Å². The Morgan fingerprint density at radius 2 is 1.89 bits per heavy atom. The number of nitrogens with zero attached hydrogens (tertiary/aromatic N) is 2. The van der Waals surface area contributed by atoms with Gasteiger partial charge in [0.25, 0.3) is 0 Å². The fraction of sp³-hybridized carbons (Fsp3) is 0.500. The fourth-order valence-electron chi connectivity index (χ4n) is 2.65. The predicted molar refractivity (Wildman–Crippen MR) is 121 cm³/mol. The molecule has 1 aliphatic heterocycles. The quantitative estimate of drug-likeness (QED) is 0.104. The smallest absolute Gasteiger partial charge is 0.382 e. The van der Waals surface area contributed by atoms with Gasteiger partial charge in [0.05, 0.1) is 18.8 Å². The summed E-state index contributed by atoms with van der Waals surface area (Å²) < 4.78 is 71.0. The minimum absolute atomic E-state index is 0.0625. The Balaban J connectivity index is 2.07. The van der Waals surface area contributed by atoms with Crippen molar-refractivity contribution in [3.63, 3.8) is 0 Å². The number of hydrogen-bond acceptors (Lipinski definition) is 12. The maximum atomic E-state index is 14.5. The van der Waals surface area contributed by atoms with E-state index in [4.69, 9.17) is 35.6 Å². The summed E-state index contributed by atoms with van der Waals surface area (Å²) >= 11 is 0. The second-order valence-corrected chi connectivity index (χ2v) is 11.3. The van der Waals surface area contributed by atoms with E-state index in [1.165, 1.54) is 0 Å². The van der Waals surface area contributed by atoms with E-state index >= 15 is 0 Å². The summed E-state index contributed by atoms with van der Waals surface area (Å²) in [5.74, 6) is 9.91. The number of nitrogen functional groups attached to an aromatic ring is 1. The standard InChI is InChI=1S/C16H22FN4O13P3/c17-12-8-14(32-13(12)10-31-36(26,27)34-37(28,29)33-35(23,24)25)21-9-11(15(19)20-16(21)22)4-2-1-3-6-30-7-5-18/h9,12-14H,5-8,10,18H2,(H,26,27)(H,28,29)(H2,19,20,22)(H2,23,24,25). The van der Waals surface area contributed by atoms with Crippen LogP contribution in [0.2, 0.25) is 0 Å². The first-order valence-corrected chi connectivity index (χ1v) is 14.4. The van der Waals surface area contributed by atoms with Gasteiger partial charge in [-0.05, 0) is 17.8 Å². The van der Waals surface area contributed by atoms with Crippen molar-refractivity contribution >= 4 is 29.3 Å². The molecule has 37 heavy (non-hydrogen) atoms. The highest BCUT2D eigenvalue weighted by Crippen LogP contribution is 2.66. The zero-order chi connectivity index (χ0) is 27.9. The molecular weight excluding hydrogens is 568 g/mol. The predicted octanol–water partition coefficient (Wildman–Crippen LogP) is -0.875. The molecule has 0 aliphatic carbocycles. The Kier molecular flexibility index (Phi) is 11.1. The second-order valence-electron chi connectivity index (χ2n) is 6.89. The van der Waals surface area contributed by atoms with Crippen molar-refractivity contribution in [2.75, 3.05) is 32.1 Å². The maximum Gasteiger partial charge on any atom is 0.490 e. The number of alkyl halides is 1. The fourth-order valence-corrected chi connectivity index (χ4v) is 5.68. The molecule has 0 radical (unpaired) electrons. The van der Waals surface area contributed by atoms with E-state index in [9.17, 15) is 27.8 Å².